The smallest absolute Gasteiger partial charge is 0.160 e. The summed E-state index contributed by atoms with van der Waals surface area (Å²) in [4.78, 5) is 2.40. The van der Waals surface area contributed by atoms with E-state index >= 15 is 0 Å². The average molecular weight is 769 g/mol. The maximum absolute atomic E-state index is 6.77. The number of aromatic nitrogens is 1. The van der Waals surface area contributed by atoms with Gasteiger partial charge in [0, 0.05) is 49.7 Å². The number of hydrogen-bond donors (Lipinski definition) is 0. The topological polar surface area (TPSA) is 21.3 Å². The van der Waals surface area contributed by atoms with E-state index in [0.717, 1.165) is 61.3 Å². The molecule has 0 unspecified atom stereocenters. The van der Waals surface area contributed by atoms with E-state index < -0.39 is 0 Å². The van der Waals surface area contributed by atoms with Gasteiger partial charge in [-0.25, -0.2) is 0 Å². The van der Waals surface area contributed by atoms with Crippen LogP contribution in [0, 0.1) is 0 Å². The number of hydrogen-bond acceptors (Lipinski definition) is 2. The fourth-order valence-corrected chi connectivity index (χ4v) is 9.90. The van der Waals surface area contributed by atoms with Crippen LogP contribution in [0.1, 0.15) is 25.0 Å². The third kappa shape index (κ3) is 5.15. The molecule has 3 heteroatoms. The van der Waals surface area contributed by atoms with Gasteiger partial charge in [-0.2, -0.15) is 0 Å². The molecule has 1 aliphatic rings. The van der Waals surface area contributed by atoms with E-state index in [1.54, 1.807) is 0 Å². The molecule has 284 valence electrons. The van der Waals surface area contributed by atoms with E-state index in [1.165, 1.54) is 49.7 Å². The van der Waals surface area contributed by atoms with Crippen molar-refractivity contribution < 1.29 is 4.42 Å². The standard InChI is InChI=1S/C57H40N2O/c1-57(2)50-22-12-9-19-44(50)45-34-33-43(35-51(45)57)58(41-29-25-38(26-30-41)37-15-5-3-6-16-37)42-31-27-39(28-32-42)48-36-49-46-20-11-14-24-53(46)60-56(49)55-54(48)47-21-10-13-23-52(47)59(55)40-17-7-4-8-18-40/h3-36H,1-2H3. The van der Waals surface area contributed by atoms with Gasteiger partial charge >= 0.3 is 0 Å². The lowest BCUT2D eigenvalue weighted by molar-refractivity contribution is 0.660. The first-order valence-corrected chi connectivity index (χ1v) is 20.8. The summed E-state index contributed by atoms with van der Waals surface area (Å²) in [6.07, 6.45) is 0. The third-order valence-electron chi connectivity index (χ3n) is 12.8. The highest BCUT2D eigenvalue weighted by atomic mass is 16.3. The number of anilines is 3. The van der Waals surface area contributed by atoms with Crippen molar-refractivity contribution in [3.05, 3.63) is 217 Å². The Morgan fingerprint density at radius 2 is 1.02 bits per heavy atom. The second-order valence-electron chi connectivity index (χ2n) is 16.5. The van der Waals surface area contributed by atoms with Gasteiger partial charge in [0.15, 0.2) is 5.58 Å². The van der Waals surface area contributed by atoms with Gasteiger partial charge < -0.3 is 13.9 Å². The quantitative estimate of drug-likeness (QED) is 0.168. The molecule has 1 aliphatic carbocycles. The normalized spacial score (nSPS) is 13.0. The van der Waals surface area contributed by atoms with Crippen molar-refractivity contribution in [2.75, 3.05) is 4.90 Å². The van der Waals surface area contributed by atoms with Gasteiger partial charge in [0.25, 0.3) is 0 Å². The summed E-state index contributed by atoms with van der Waals surface area (Å²) in [6, 6.07) is 74.8. The Bertz CT molecular complexity index is 3430. The minimum absolute atomic E-state index is 0.116. The summed E-state index contributed by atoms with van der Waals surface area (Å²) < 4.78 is 9.15. The highest BCUT2D eigenvalue weighted by molar-refractivity contribution is 6.26. The molecule has 0 bridgehead atoms. The number of para-hydroxylation sites is 3. The van der Waals surface area contributed by atoms with E-state index in [2.05, 4.69) is 230 Å². The highest BCUT2D eigenvalue weighted by Crippen LogP contribution is 2.51. The van der Waals surface area contributed by atoms with Gasteiger partial charge in [-0.1, -0.05) is 153 Å². The molecule has 0 fully saturated rings. The first-order valence-electron chi connectivity index (χ1n) is 20.8. The molecule has 0 saturated carbocycles. The van der Waals surface area contributed by atoms with Gasteiger partial charge in [0.1, 0.15) is 5.58 Å². The van der Waals surface area contributed by atoms with E-state index in [4.69, 9.17) is 4.42 Å². The number of benzene rings is 9. The molecule has 0 saturated heterocycles. The van der Waals surface area contributed by atoms with E-state index in [9.17, 15) is 0 Å². The van der Waals surface area contributed by atoms with Crippen molar-refractivity contribution in [3.63, 3.8) is 0 Å². The van der Waals surface area contributed by atoms with Crippen LogP contribution in [0.4, 0.5) is 17.1 Å². The van der Waals surface area contributed by atoms with Gasteiger partial charge in [-0.15, -0.1) is 0 Å². The molecule has 0 aliphatic heterocycles. The number of rotatable bonds is 6. The fourth-order valence-electron chi connectivity index (χ4n) is 9.90. The number of nitrogens with zero attached hydrogens (tertiary/aromatic N) is 2. The Morgan fingerprint density at radius 3 is 1.78 bits per heavy atom. The minimum atomic E-state index is -0.116. The van der Waals surface area contributed by atoms with Gasteiger partial charge in [-0.3, -0.25) is 0 Å². The predicted molar refractivity (Wildman–Crippen MR) is 251 cm³/mol. The molecular formula is C57H40N2O. The molecule has 11 aromatic rings. The van der Waals surface area contributed by atoms with Gasteiger partial charge in [0.05, 0.1) is 11.0 Å². The summed E-state index contributed by atoms with van der Waals surface area (Å²) in [5.41, 5.74) is 18.4. The first kappa shape index (κ1) is 34.4. The minimum Gasteiger partial charge on any atom is -0.454 e. The molecular weight excluding hydrogens is 729 g/mol. The number of fused-ring (bicyclic) bond motifs is 10. The average Bonchev–Trinajstić information content (AvgIpc) is 3.93. The van der Waals surface area contributed by atoms with Crippen LogP contribution < -0.4 is 4.90 Å². The van der Waals surface area contributed by atoms with E-state index in [0.29, 0.717) is 0 Å². The van der Waals surface area contributed by atoms with Crippen molar-refractivity contribution >= 4 is 60.8 Å². The van der Waals surface area contributed by atoms with Crippen LogP contribution in [-0.2, 0) is 5.41 Å². The molecule has 3 nitrogen and oxygen atoms in total. The third-order valence-corrected chi connectivity index (χ3v) is 12.8. The van der Waals surface area contributed by atoms with E-state index in [1.807, 2.05) is 0 Å². The van der Waals surface area contributed by atoms with Crippen LogP contribution in [0.2, 0.25) is 0 Å². The largest absolute Gasteiger partial charge is 0.454 e. The molecule has 0 spiro atoms. The molecule has 9 aromatic carbocycles. The predicted octanol–water partition coefficient (Wildman–Crippen LogP) is 15.8. The lowest BCUT2D eigenvalue weighted by atomic mass is 9.82. The summed E-state index contributed by atoms with van der Waals surface area (Å²) in [5.74, 6) is 0. The zero-order chi connectivity index (χ0) is 40.0. The second-order valence-corrected chi connectivity index (χ2v) is 16.5. The van der Waals surface area contributed by atoms with Crippen molar-refractivity contribution in [3.8, 4) is 39.1 Å². The zero-order valence-corrected chi connectivity index (χ0v) is 33.4. The summed E-state index contributed by atoms with van der Waals surface area (Å²) in [5, 5.41) is 4.60. The van der Waals surface area contributed by atoms with Crippen molar-refractivity contribution in [2.45, 2.75) is 19.3 Å². The lowest BCUT2D eigenvalue weighted by Crippen LogP contribution is -2.16. The maximum atomic E-state index is 6.77. The van der Waals surface area contributed by atoms with Crippen LogP contribution in [0.3, 0.4) is 0 Å². The van der Waals surface area contributed by atoms with E-state index in [-0.39, 0.29) is 5.41 Å². The van der Waals surface area contributed by atoms with Crippen LogP contribution in [0.25, 0.3) is 82.8 Å². The summed E-state index contributed by atoms with van der Waals surface area (Å²) in [6.45, 7) is 4.70. The molecule has 2 heterocycles. The highest BCUT2D eigenvalue weighted by Gasteiger charge is 2.36. The first-order chi connectivity index (χ1) is 29.5. The molecule has 60 heavy (non-hydrogen) atoms. The van der Waals surface area contributed by atoms with Crippen LogP contribution in [0.15, 0.2) is 211 Å². The van der Waals surface area contributed by atoms with Crippen LogP contribution in [0.5, 0.6) is 0 Å². The molecule has 0 radical (unpaired) electrons. The number of furan rings is 1. The Hall–Kier alpha value is -7.62. The summed E-state index contributed by atoms with van der Waals surface area (Å²) >= 11 is 0. The Labute approximate surface area is 349 Å². The Balaban J connectivity index is 1.06. The molecule has 0 amide bonds. The zero-order valence-electron chi connectivity index (χ0n) is 33.4. The molecule has 0 atom stereocenters. The Morgan fingerprint density at radius 1 is 0.433 bits per heavy atom. The molecule has 2 aromatic heterocycles. The van der Waals surface area contributed by atoms with Crippen LogP contribution >= 0.6 is 0 Å². The lowest BCUT2D eigenvalue weighted by Gasteiger charge is -2.28. The van der Waals surface area contributed by atoms with Crippen molar-refractivity contribution in [1.82, 2.24) is 4.57 Å². The second kappa shape index (κ2) is 13.2. The monoisotopic (exact) mass is 768 g/mol. The van der Waals surface area contributed by atoms with Crippen LogP contribution in [-0.4, -0.2) is 4.57 Å². The summed E-state index contributed by atoms with van der Waals surface area (Å²) in [7, 11) is 0. The van der Waals surface area contributed by atoms with Crippen molar-refractivity contribution in [1.29, 1.82) is 0 Å². The Kier molecular flexibility index (Phi) is 7.58. The maximum Gasteiger partial charge on any atom is 0.160 e. The fraction of sp³-hybridized carbons (Fsp3) is 0.0526. The van der Waals surface area contributed by atoms with Gasteiger partial charge in [0.2, 0.25) is 0 Å². The molecule has 12 rings (SSSR count). The molecule has 0 N–H and O–H groups in total. The SMILES string of the molecule is CC1(C)c2ccccc2-c2ccc(N(c3ccc(-c4ccccc4)cc3)c3ccc(-c4cc5c6ccccc6oc5c5c4c4ccccc4n5-c4ccccc4)cc3)cc21. The van der Waals surface area contributed by atoms with Gasteiger partial charge in [-0.05, 0) is 111 Å². The van der Waals surface area contributed by atoms with Crippen molar-refractivity contribution in [2.24, 2.45) is 0 Å².